The Morgan fingerprint density at radius 3 is 1.11 bits per heavy atom. The maximum atomic E-state index is 7.30. The number of nitrogens with zero attached hydrogens (tertiary/aromatic N) is 2. The Labute approximate surface area is 435 Å². The summed E-state index contributed by atoms with van der Waals surface area (Å²) in [4.78, 5) is 4.83. The zero-order chi connectivity index (χ0) is 50.2. The van der Waals surface area contributed by atoms with E-state index in [0.29, 0.717) is 0 Å². The molecule has 75 heavy (non-hydrogen) atoms. The lowest BCUT2D eigenvalue weighted by molar-refractivity contribution is 0.592. The van der Waals surface area contributed by atoms with E-state index in [-0.39, 0.29) is 0 Å². The standard InChI is InChI=1S/C70H50N2O3/c1-69(2)57-41-47(71(59-27-15-11-23-49(59)43-19-7-5-8-20-43)45-33-37-63-55(39-45)51-25-13-17-29-61(51)73-63)31-35-53(57)67-65(69)66-68(75-67)54-36-32-48(42-58(54)70(66,3)4)72(60-28-16-12-24-50(60)44-21-9-6-10-22-44)46-34-38-64-56(40-46)52-26-14-18-30-62(52)74-64/h5-42H,1-4H3. The molecular formula is C70H50N2O3. The fourth-order valence-corrected chi connectivity index (χ4v) is 12.7. The van der Waals surface area contributed by atoms with Gasteiger partial charge in [0.25, 0.3) is 0 Å². The Bertz CT molecular complexity index is 4160. The van der Waals surface area contributed by atoms with Gasteiger partial charge in [-0.2, -0.15) is 0 Å². The van der Waals surface area contributed by atoms with Gasteiger partial charge in [0.15, 0.2) is 0 Å². The number of furan rings is 3. The summed E-state index contributed by atoms with van der Waals surface area (Å²) in [7, 11) is 0. The molecule has 358 valence electrons. The van der Waals surface area contributed by atoms with E-state index < -0.39 is 10.8 Å². The highest BCUT2D eigenvalue weighted by Gasteiger charge is 2.50. The van der Waals surface area contributed by atoms with Crippen LogP contribution >= 0.6 is 0 Å². The number of anilines is 6. The molecule has 0 aliphatic heterocycles. The molecule has 0 spiro atoms. The molecule has 0 radical (unpaired) electrons. The molecule has 0 bridgehead atoms. The lowest BCUT2D eigenvalue weighted by Crippen LogP contribution is -2.23. The van der Waals surface area contributed by atoms with Crippen molar-refractivity contribution in [2.24, 2.45) is 0 Å². The predicted molar refractivity (Wildman–Crippen MR) is 309 cm³/mol. The van der Waals surface area contributed by atoms with Crippen molar-refractivity contribution >= 4 is 78.0 Å². The minimum atomic E-state index is -0.390. The zero-order valence-electron chi connectivity index (χ0n) is 42.1. The van der Waals surface area contributed by atoms with Crippen molar-refractivity contribution in [1.82, 2.24) is 0 Å². The number of para-hydroxylation sites is 4. The summed E-state index contributed by atoms with van der Waals surface area (Å²) < 4.78 is 20.0. The van der Waals surface area contributed by atoms with Crippen molar-refractivity contribution in [3.8, 4) is 44.9 Å². The molecule has 2 aliphatic carbocycles. The fraction of sp³-hybridized carbons (Fsp3) is 0.0857. The second-order valence-corrected chi connectivity index (χ2v) is 21.2. The van der Waals surface area contributed by atoms with Gasteiger partial charge in [-0.1, -0.05) is 161 Å². The van der Waals surface area contributed by atoms with Crippen LogP contribution in [0.25, 0.3) is 88.8 Å². The molecule has 0 saturated heterocycles. The third-order valence-electron chi connectivity index (χ3n) is 16.2. The van der Waals surface area contributed by atoms with Gasteiger partial charge >= 0.3 is 0 Å². The normalized spacial score (nSPS) is 13.8. The summed E-state index contributed by atoms with van der Waals surface area (Å²) in [6, 6.07) is 82.6. The maximum Gasteiger partial charge on any atom is 0.139 e. The Morgan fingerprint density at radius 1 is 0.293 bits per heavy atom. The quantitative estimate of drug-likeness (QED) is 0.152. The molecular weight excluding hydrogens is 917 g/mol. The molecule has 0 N–H and O–H groups in total. The summed E-state index contributed by atoms with van der Waals surface area (Å²) in [6.07, 6.45) is 0. The topological polar surface area (TPSA) is 45.9 Å². The van der Waals surface area contributed by atoms with Crippen LogP contribution in [0, 0.1) is 0 Å². The SMILES string of the molecule is CC1(C)c2cc(N(c3ccc4oc5ccccc5c4c3)c3ccccc3-c3ccccc3)ccc2-c2oc3c(c21)C(C)(C)c1cc(N(c2ccc4oc5ccccc5c4c2)c2ccccc2-c2ccccc2)ccc1-3. The molecule has 0 fully saturated rings. The first-order valence-corrected chi connectivity index (χ1v) is 25.9. The molecule has 3 heterocycles. The first-order chi connectivity index (χ1) is 36.7. The molecule has 0 unspecified atom stereocenters. The van der Waals surface area contributed by atoms with Crippen molar-refractivity contribution < 1.29 is 13.3 Å². The van der Waals surface area contributed by atoms with Gasteiger partial charge in [0.05, 0.1) is 11.4 Å². The smallest absolute Gasteiger partial charge is 0.139 e. The fourth-order valence-electron chi connectivity index (χ4n) is 12.7. The average molecular weight is 967 g/mol. The highest BCUT2D eigenvalue weighted by atomic mass is 16.3. The van der Waals surface area contributed by atoms with Gasteiger partial charge in [0.1, 0.15) is 33.9 Å². The second-order valence-electron chi connectivity index (χ2n) is 21.2. The lowest BCUT2D eigenvalue weighted by Gasteiger charge is -2.31. The minimum Gasteiger partial charge on any atom is -0.456 e. The third-order valence-corrected chi connectivity index (χ3v) is 16.2. The van der Waals surface area contributed by atoms with E-state index >= 15 is 0 Å². The summed E-state index contributed by atoms with van der Waals surface area (Å²) in [5, 5.41) is 4.37. The summed E-state index contributed by atoms with van der Waals surface area (Å²) in [6.45, 7) is 9.52. The molecule has 3 aromatic heterocycles. The van der Waals surface area contributed by atoms with Crippen LogP contribution in [0.15, 0.2) is 244 Å². The molecule has 2 aliphatic rings. The number of benzene rings is 10. The van der Waals surface area contributed by atoms with Crippen LogP contribution < -0.4 is 9.80 Å². The number of hydrogen-bond donors (Lipinski definition) is 0. The number of rotatable bonds is 8. The molecule has 5 heteroatoms. The van der Waals surface area contributed by atoms with Crippen LogP contribution in [-0.2, 0) is 10.8 Å². The summed E-state index contributed by atoms with van der Waals surface area (Å²) in [5.74, 6) is 1.94. The van der Waals surface area contributed by atoms with E-state index in [1.807, 2.05) is 24.3 Å². The van der Waals surface area contributed by atoms with Crippen molar-refractivity contribution in [1.29, 1.82) is 0 Å². The van der Waals surface area contributed by atoms with Crippen LogP contribution in [0.5, 0.6) is 0 Å². The van der Waals surface area contributed by atoms with Gasteiger partial charge in [-0.15, -0.1) is 0 Å². The largest absolute Gasteiger partial charge is 0.456 e. The van der Waals surface area contributed by atoms with E-state index in [4.69, 9.17) is 13.3 Å². The Hall–Kier alpha value is -9.32. The maximum absolute atomic E-state index is 7.30. The van der Waals surface area contributed by atoms with Crippen molar-refractivity contribution in [3.05, 3.63) is 253 Å². The Kier molecular flexibility index (Phi) is 9.28. The van der Waals surface area contributed by atoms with E-state index in [1.165, 1.54) is 22.3 Å². The Morgan fingerprint density at radius 2 is 0.653 bits per heavy atom. The zero-order valence-corrected chi connectivity index (χ0v) is 42.1. The van der Waals surface area contributed by atoms with Gasteiger partial charge in [-0.3, -0.25) is 0 Å². The van der Waals surface area contributed by atoms with Gasteiger partial charge < -0.3 is 23.1 Å². The van der Waals surface area contributed by atoms with Crippen LogP contribution in [0.3, 0.4) is 0 Å². The summed E-state index contributed by atoms with van der Waals surface area (Å²) in [5.41, 5.74) is 21.1. The first-order valence-electron chi connectivity index (χ1n) is 25.9. The van der Waals surface area contributed by atoms with Crippen LogP contribution in [0.4, 0.5) is 34.1 Å². The van der Waals surface area contributed by atoms with Gasteiger partial charge in [-0.05, 0) is 119 Å². The van der Waals surface area contributed by atoms with Crippen molar-refractivity contribution in [2.75, 3.05) is 9.80 Å². The second kappa shape index (κ2) is 16.1. The van der Waals surface area contributed by atoms with Crippen LogP contribution in [0.2, 0.25) is 0 Å². The van der Waals surface area contributed by atoms with E-state index in [1.54, 1.807) is 0 Å². The highest BCUT2D eigenvalue weighted by Crippen LogP contribution is 2.62. The van der Waals surface area contributed by atoms with Crippen molar-refractivity contribution in [2.45, 2.75) is 38.5 Å². The monoisotopic (exact) mass is 966 g/mol. The van der Waals surface area contributed by atoms with Crippen molar-refractivity contribution in [3.63, 3.8) is 0 Å². The van der Waals surface area contributed by atoms with Crippen LogP contribution in [0.1, 0.15) is 49.9 Å². The molecule has 5 nitrogen and oxygen atoms in total. The molecule has 0 atom stereocenters. The molecule has 0 saturated carbocycles. The minimum absolute atomic E-state index is 0.390. The van der Waals surface area contributed by atoms with E-state index in [9.17, 15) is 0 Å². The van der Waals surface area contributed by atoms with E-state index in [2.05, 4.69) is 244 Å². The number of hydrogen-bond acceptors (Lipinski definition) is 5. The average Bonchev–Trinajstić information content (AvgIpc) is 4.37. The van der Waals surface area contributed by atoms with Gasteiger partial charge in [0.2, 0.25) is 0 Å². The first kappa shape index (κ1) is 43.3. The van der Waals surface area contributed by atoms with Gasteiger partial charge in [-0.25, -0.2) is 0 Å². The molecule has 10 aromatic carbocycles. The molecule has 15 rings (SSSR count). The van der Waals surface area contributed by atoms with Crippen LogP contribution in [-0.4, -0.2) is 0 Å². The van der Waals surface area contributed by atoms with E-state index in [0.717, 1.165) is 123 Å². The molecule has 13 aromatic rings. The molecule has 0 amide bonds. The third kappa shape index (κ3) is 6.44. The predicted octanol–water partition coefficient (Wildman–Crippen LogP) is 20.0. The lowest BCUT2D eigenvalue weighted by atomic mass is 9.74. The summed E-state index contributed by atoms with van der Waals surface area (Å²) >= 11 is 0. The Balaban J connectivity index is 0.862. The highest BCUT2D eigenvalue weighted by molar-refractivity contribution is 6.08. The number of fused-ring (bicyclic) bond motifs is 13. The van der Waals surface area contributed by atoms with Gasteiger partial charge in [0, 0.05) is 88.5 Å².